The van der Waals surface area contributed by atoms with E-state index in [-0.39, 0.29) is 18.6 Å². The summed E-state index contributed by atoms with van der Waals surface area (Å²) in [6, 6.07) is 2.88. The van der Waals surface area contributed by atoms with Gasteiger partial charge in [-0.3, -0.25) is 4.79 Å². The van der Waals surface area contributed by atoms with Crippen LogP contribution in [0.15, 0.2) is 18.2 Å². The van der Waals surface area contributed by atoms with E-state index >= 15 is 0 Å². The number of carbonyl (C=O) groups is 1. The van der Waals surface area contributed by atoms with Crippen LogP contribution in [0.1, 0.15) is 24.2 Å². The van der Waals surface area contributed by atoms with Gasteiger partial charge in [0.1, 0.15) is 17.2 Å². The third-order valence-electron chi connectivity index (χ3n) is 2.69. The minimum Gasteiger partial charge on any atom is -0.396 e. The van der Waals surface area contributed by atoms with Gasteiger partial charge in [-0.1, -0.05) is 13.0 Å². The van der Waals surface area contributed by atoms with Gasteiger partial charge in [0.25, 0.3) is 5.91 Å². The number of nitrogens with one attached hydrogen (secondary N) is 1. The lowest BCUT2D eigenvalue weighted by molar-refractivity contribution is 0.0908. The normalized spacial score (nSPS) is 14.2. The van der Waals surface area contributed by atoms with Crippen molar-refractivity contribution < 1.29 is 18.7 Å². The Bertz CT molecular complexity index is 389. The maximum atomic E-state index is 13.3. The van der Waals surface area contributed by atoms with E-state index in [1.54, 1.807) is 13.8 Å². The molecule has 0 aromatic heterocycles. The van der Waals surface area contributed by atoms with Crippen LogP contribution in [0.25, 0.3) is 0 Å². The average molecular weight is 243 g/mol. The summed E-state index contributed by atoms with van der Waals surface area (Å²) < 4.78 is 26.6. The molecular formula is C12H15F2NO2. The Balaban J connectivity index is 2.84. The highest BCUT2D eigenvalue weighted by atomic mass is 19.1. The SMILES string of the molecule is CC(CO)C(C)NC(=O)c1c(F)cccc1F. The van der Waals surface area contributed by atoms with Crippen molar-refractivity contribution in [1.82, 2.24) is 5.32 Å². The summed E-state index contributed by atoms with van der Waals surface area (Å²) in [5, 5.41) is 11.3. The van der Waals surface area contributed by atoms with Crippen molar-refractivity contribution in [1.29, 1.82) is 0 Å². The Morgan fingerprint density at radius 3 is 2.35 bits per heavy atom. The summed E-state index contributed by atoms with van der Waals surface area (Å²) >= 11 is 0. The average Bonchev–Trinajstić information content (AvgIpc) is 2.27. The number of benzene rings is 1. The molecule has 1 amide bonds. The minimum atomic E-state index is -0.897. The molecule has 1 aromatic carbocycles. The monoisotopic (exact) mass is 243 g/mol. The maximum absolute atomic E-state index is 13.3. The Morgan fingerprint density at radius 2 is 1.88 bits per heavy atom. The predicted octanol–water partition coefficient (Wildman–Crippen LogP) is 1.71. The van der Waals surface area contributed by atoms with Crippen molar-refractivity contribution >= 4 is 5.91 Å². The molecule has 0 spiro atoms. The molecule has 5 heteroatoms. The van der Waals surface area contributed by atoms with Crippen LogP contribution in [0, 0.1) is 17.6 Å². The van der Waals surface area contributed by atoms with Crippen LogP contribution in [0.4, 0.5) is 8.78 Å². The molecule has 0 aliphatic rings. The highest BCUT2D eigenvalue weighted by Crippen LogP contribution is 2.12. The third-order valence-corrected chi connectivity index (χ3v) is 2.69. The lowest BCUT2D eigenvalue weighted by atomic mass is 10.0. The summed E-state index contributed by atoms with van der Waals surface area (Å²) in [5.74, 6) is -2.79. The van der Waals surface area contributed by atoms with Gasteiger partial charge in [-0.2, -0.15) is 0 Å². The van der Waals surface area contributed by atoms with Gasteiger partial charge in [0.05, 0.1) is 0 Å². The summed E-state index contributed by atoms with van der Waals surface area (Å²) in [7, 11) is 0. The molecule has 17 heavy (non-hydrogen) atoms. The minimum absolute atomic E-state index is 0.110. The highest BCUT2D eigenvalue weighted by molar-refractivity contribution is 5.94. The molecule has 0 bridgehead atoms. The summed E-state index contributed by atoms with van der Waals surface area (Å²) in [6.07, 6.45) is 0. The molecule has 0 heterocycles. The second kappa shape index (κ2) is 5.72. The molecule has 0 aliphatic carbocycles. The second-order valence-corrected chi connectivity index (χ2v) is 4.02. The van der Waals surface area contributed by atoms with Crippen LogP contribution in [-0.2, 0) is 0 Å². The van der Waals surface area contributed by atoms with Crippen LogP contribution in [0.2, 0.25) is 0 Å². The van der Waals surface area contributed by atoms with E-state index in [0.717, 1.165) is 12.1 Å². The molecule has 0 saturated heterocycles. The topological polar surface area (TPSA) is 49.3 Å². The molecule has 3 nitrogen and oxygen atoms in total. The predicted molar refractivity (Wildman–Crippen MR) is 59.5 cm³/mol. The number of carbonyl (C=O) groups excluding carboxylic acids is 1. The van der Waals surface area contributed by atoms with E-state index in [0.29, 0.717) is 0 Å². The van der Waals surface area contributed by atoms with Gasteiger partial charge in [0, 0.05) is 12.6 Å². The van der Waals surface area contributed by atoms with Crippen molar-refractivity contribution in [2.75, 3.05) is 6.61 Å². The molecule has 2 atom stereocenters. The van der Waals surface area contributed by atoms with E-state index in [1.807, 2.05) is 0 Å². The van der Waals surface area contributed by atoms with Crippen LogP contribution in [-0.4, -0.2) is 23.7 Å². The lowest BCUT2D eigenvalue weighted by Gasteiger charge is -2.19. The second-order valence-electron chi connectivity index (χ2n) is 4.02. The Labute approximate surface area is 98.5 Å². The fourth-order valence-corrected chi connectivity index (χ4v) is 1.29. The zero-order chi connectivity index (χ0) is 13.0. The quantitative estimate of drug-likeness (QED) is 0.845. The number of amides is 1. The Hall–Kier alpha value is -1.49. The van der Waals surface area contributed by atoms with Gasteiger partial charge in [0.15, 0.2) is 0 Å². The zero-order valence-corrected chi connectivity index (χ0v) is 9.71. The number of hydrogen-bond donors (Lipinski definition) is 2. The molecule has 1 rings (SSSR count). The summed E-state index contributed by atoms with van der Waals surface area (Å²) in [6.45, 7) is 3.28. The molecular weight excluding hydrogens is 228 g/mol. The van der Waals surface area contributed by atoms with E-state index in [2.05, 4.69) is 5.32 Å². The molecule has 1 aromatic rings. The Morgan fingerprint density at radius 1 is 1.35 bits per heavy atom. The molecule has 0 saturated carbocycles. The maximum Gasteiger partial charge on any atom is 0.257 e. The van der Waals surface area contributed by atoms with Gasteiger partial charge in [-0.15, -0.1) is 0 Å². The van der Waals surface area contributed by atoms with Gasteiger partial charge in [-0.25, -0.2) is 8.78 Å². The number of rotatable bonds is 4. The van der Waals surface area contributed by atoms with Crippen LogP contribution in [0.5, 0.6) is 0 Å². The lowest BCUT2D eigenvalue weighted by Crippen LogP contribution is -2.39. The number of hydrogen-bond acceptors (Lipinski definition) is 2. The Kier molecular flexibility index (Phi) is 4.57. The first-order valence-corrected chi connectivity index (χ1v) is 5.33. The van der Waals surface area contributed by atoms with Crippen molar-refractivity contribution in [3.8, 4) is 0 Å². The van der Waals surface area contributed by atoms with E-state index < -0.39 is 23.1 Å². The highest BCUT2D eigenvalue weighted by Gasteiger charge is 2.20. The first-order chi connectivity index (χ1) is 7.97. The van der Waals surface area contributed by atoms with E-state index in [4.69, 9.17) is 5.11 Å². The van der Waals surface area contributed by atoms with Gasteiger partial charge in [0.2, 0.25) is 0 Å². The summed E-state index contributed by atoms with van der Waals surface area (Å²) in [4.78, 5) is 11.6. The zero-order valence-electron chi connectivity index (χ0n) is 9.71. The van der Waals surface area contributed by atoms with Crippen molar-refractivity contribution in [3.63, 3.8) is 0 Å². The third kappa shape index (κ3) is 3.23. The van der Waals surface area contributed by atoms with Crippen molar-refractivity contribution in [3.05, 3.63) is 35.4 Å². The number of halogens is 2. The number of aliphatic hydroxyl groups is 1. The molecule has 2 N–H and O–H groups in total. The molecule has 0 radical (unpaired) electrons. The van der Waals surface area contributed by atoms with Gasteiger partial charge < -0.3 is 10.4 Å². The summed E-state index contributed by atoms with van der Waals surface area (Å²) in [5.41, 5.74) is -0.593. The fourth-order valence-electron chi connectivity index (χ4n) is 1.29. The van der Waals surface area contributed by atoms with Gasteiger partial charge in [-0.05, 0) is 25.0 Å². The fraction of sp³-hybridized carbons (Fsp3) is 0.417. The van der Waals surface area contributed by atoms with Crippen molar-refractivity contribution in [2.24, 2.45) is 5.92 Å². The molecule has 2 unspecified atom stereocenters. The molecule has 0 aliphatic heterocycles. The van der Waals surface area contributed by atoms with Crippen molar-refractivity contribution in [2.45, 2.75) is 19.9 Å². The van der Waals surface area contributed by atoms with Gasteiger partial charge >= 0.3 is 0 Å². The number of aliphatic hydroxyl groups excluding tert-OH is 1. The van der Waals surface area contributed by atoms with E-state index in [9.17, 15) is 13.6 Å². The van der Waals surface area contributed by atoms with Crippen LogP contribution < -0.4 is 5.32 Å². The first-order valence-electron chi connectivity index (χ1n) is 5.33. The largest absolute Gasteiger partial charge is 0.396 e. The molecule has 0 fully saturated rings. The van der Waals surface area contributed by atoms with Crippen LogP contribution in [0.3, 0.4) is 0 Å². The van der Waals surface area contributed by atoms with E-state index in [1.165, 1.54) is 6.07 Å². The smallest absolute Gasteiger partial charge is 0.257 e. The van der Waals surface area contributed by atoms with Crippen LogP contribution >= 0.6 is 0 Å². The standard InChI is InChI=1S/C12H15F2NO2/c1-7(6-16)8(2)15-12(17)11-9(13)4-3-5-10(11)14/h3-5,7-8,16H,6H2,1-2H3,(H,15,17). The first kappa shape index (κ1) is 13.6. The molecule has 94 valence electrons.